The molecule has 0 atom stereocenters. The highest BCUT2D eigenvalue weighted by Gasteiger charge is 2.13. The number of pyridine rings is 1. The van der Waals surface area contributed by atoms with E-state index in [0.29, 0.717) is 0 Å². The van der Waals surface area contributed by atoms with Gasteiger partial charge in [-0.2, -0.15) is 0 Å². The first-order chi connectivity index (χ1) is 15.8. The lowest BCUT2D eigenvalue weighted by atomic mass is 10.1. The molecule has 0 saturated carbocycles. The fourth-order valence-corrected chi connectivity index (χ4v) is 3.66. The summed E-state index contributed by atoms with van der Waals surface area (Å²) >= 11 is 0. The summed E-state index contributed by atoms with van der Waals surface area (Å²) < 4.78 is 0. The zero-order valence-electron chi connectivity index (χ0n) is 17.8. The minimum Gasteiger partial charge on any atom is -0.311 e. The maximum atomic E-state index is 4.46. The van der Waals surface area contributed by atoms with Crippen LogP contribution in [-0.2, 0) is 0 Å². The average molecular weight is 415 g/mol. The van der Waals surface area contributed by atoms with Crippen LogP contribution in [0.3, 0.4) is 0 Å². The molecule has 4 heteroatoms. The first-order valence-electron chi connectivity index (χ1n) is 10.5. The van der Waals surface area contributed by atoms with Gasteiger partial charge in [-0.15, -0.1) is 0 Å². The summed E-state index contributed by atoms with van der Waals surface area (Å²) in [5, 5.41) is 0. The monoisotopic (exact) mass is 414 g/mol. The van der Waals surface area contributed by atoms with Gasteiger partial charge in [0, 0.05) is 46.8 Å². The minimum absolute atomic E-state index is 0.723. The third kappa shape index (κ3) is 4.12. The molecule has 0 fully saturated rings. The predicted octanol–water partition coefficient (Wildman–Crippen LogP) is 6.98. The van der Waals surface area contributed by atoms with Crippen molar-refractivity contribution in [2.75, 3.05) is 4.90 Å². The number of benzene rings is 3. The molecule has 5 aromatic rings. The molecule has 0 bridgehead atoms. The lowest BCUT2D eigenvalue weighted by Gasteiger charge is -2.26. The molecule has 0 N–H and O–H groups in total. The Balaban J connectivity index is 1.53. The predicted molar refractivity (Wildman–Crippen MR) is 130 cm³/mol. The van der Waals surface area contributed by atoms with Gasteiger partial charge in [0.05, 0.1) is 5.69 Å². The van der Waals surface area contributed by atoms with Crippen LogP contribution in [0.1, 0.15) is 5.56 Å². The second-order valence-corrected chi connectivity index (χ2v) is 7.55. The standard InChI is InChI=1S/C28H22N4/c1-21-6-12-24(13-7-21)32(25-14-8-22(9-15-25)27-5-2-3-18-29-27)26-16-10-23(11-17-26)28-30-19-4-20-31-28/h2-20H,1H3. The van der Waals surface area contributed by atoms with Crippen LogP contribution < -0.4 is 4.90 Å². The van der Waals surface area contributed by atoms with Crippen molar-refractivity contribution < 1.29 is 0 Å². The Morgan fingerprint density at radius 3 is 1.59 bits per heavy atom. The van der Waals surface area contributed by atoms with Crippen LogP contribution in [0.15, 0.2) is 116 Å². The minimum atomic E-state index is 0.723. The van der Waals surface area contributed by atoms with E-state index in [0.717, 1.165) is 39.7 Å². The van der Waals surface area contributed by atoms with Crippen molar-refractivity contribution in [1.82, 2.24) is 15.0 Å². The van der Waals surface area contributed by atoms with E-state index in [1.165, 1.54) is 5.56 Å². The summed E-state index contributed by atoms with van der Waals surface area (Å²) in [5.74, 6) is 0.723. The lowest BCUT2D eigenvalue weighted by molar-refractivity contribution is 1.17. The van der Waals surface area contributed by atoms with Gasteiger partial charge in [0.15, 0.2) is 5.82 Å². The molecule has 0 unspecified atom stereocenters. The maximum absolute atomic E-state index is 4.46. The Hall–Kier alpha value is -4.31. The zero-order valence-corrected chi connectivity index (χ0v) is 17.8. The van der Waals surface area contributed by atoms with Gasteiger partial charge in [-0.05, 0) is 73.7 Å². The molecular weight excluding hydrogens is 392 g/mol. The highest BCUT2D eigenvalue weighted by Crippen LogP contribution is 2.36. The molecular formula is C28H22N4. The normalized spacial score (nSPS) is 10.7. The molecule has 2 aromatic heterocycles. The fourth-order valence-electron chi connectivity index (χ4n) is 3.66. The lowest BCUT2D eigenvalue weighted by Crippen LogP contribution is -2.09. The smallest absolute Gasteiger partial charge is 0.159 e. The van der Waals surface area contributed by atoms with E-state index >= 15 is 0 Å². The van der Waals surface area contributed by atoms with Crippen molar-refractivity contribution in [3.8, 4) is 22.6 Å². The number of rotatable bonds is 5. The first-order valence-corrected chi connectivity index (χ1v) is 10.5. The zero-order chi connectivity index (χ0) is 21.8. The van der Waals surface area contributed by atoms with Crippen LogP contribution in [-0.4, -0.2) is 15.0 Å². The number of hydrogen-bond donors (Lipinski definition) is 0. The van der Waals surface area contributed by atoms with Crippen molar-refractivity contribution in [3.63, 3.8) is 0 Å². The Labute approximate surface area is 187 Å². The van der Waals surface area contributed by atoms with Crippen LogP contribution in [0.25, 0.3) is 22.6 Å². The van der Waals surface area contributed by atoms with Crippen molar-refractivity contribution in [3.05, 3.63) is 121 Å². The molecule has 2 heterocycles. The van der Waals surface area contributed by atoms with Crippen LogP contribution >= 0.6 is 0 Å². The van der Waals surface area contributed by atoms with Gasteiger partial charge in [-0.1, -0.05) is 35.9 Å². The molecule has 0 aliphatic carbocycles. The van der Waals surface area contributed by atoms with Crippen LogP contribution in [0.5, 0.6) is 0 Å². The molecule has 5 rings (SSSR count). The summed E-state index contributed by atoms with van der Waals surface area (Å²) in [4.78, 5) is 15.4. The molecule has 0 aliphatic rings. The number of anilines is 3. The molecule has 154 valence electrons. The quantitative estimate of drug-likeness (QED) is 0.311. The SMILES string of the molecule is Cc1ccc(N(c2ccc(-c3ccccn3)cc2)c2ccc(-c3ncccn3)cc2)cc1. The second-order valence-electron chi connectivity index (χ2n) is 7.55. The van der Waals surface area contributed by atoms with Gasteiger partial charge in [-0.3, -0.25) is 4.98 Å². The molecule has 0 amide bonds. The molecule has 4 nitrogen and oxygen atoms in total. The van der Waals surface area contributed by atoms with E-state index in [1.54, 1.807) is 12.4 Å². The van der Waals surface area contributed by atoms with Crippen LogP contribution in [0.4, 0.5) is 17.1 Å². The van der Waals surface area contributed by atoms with E-state index in [-0.39, 0.29) is 0 Å². The third-order valence-corrected chi connectivity index (χ3v) is 5.33. The number of aryl methyl sites for hydroxylation is 1. The van der Waals surface area contributed by atoms with Gasteiger partial charge < -0.3 is 4.90 Å². The molecule has 0 radical (unpaired) electrons. The summed E-state index contributed by atoms with van der Waals surface area (Å²) in [7, 11) is 0. The molecule has 0 saturated heterocycles. The summed E-state index contributed by atoms with van der Waals surface area (Å²) in [6.07, 6.45) is 5.34. The Morgan fingerprint density at radius 1 is 0.500 bits per heavy atom. The maximum Gasteiger partial charge on any atom is 0.159 e. The molecule has 32 heavy (non-hydrogen) atoms. The van der Waals surface area contributed by atoms with E-state index in [9.17, 15) is 0 Å². The topological polar surface area (TPSA) is 41.9 Å². The highest BCUT2D eigenvalue weighted by atomic mass is 15.1. The van der Waals surface area contributed by atoms with Gasteiger partial charge >= 0.3 is 0 Å². The van der Waals surface area contributed by atoms with E-state index in [4.69, 9.17) is 0 Å². The number of aromatic nitrogens is 3. The number of nitrogens with zero attached hydrogens (tertiary/aromatic N) is 4. The van der Waals surface area contributed by atoms with Crippen molar-refractivity contribution in [2.45, 2.75) is 6.92 Å². The van der Waals surface area contributed by atoms with Gasteiger partial charge in [0.1, 0.15) is 0 Å². The second kappa shape index (κ2) is 8.82. The van der Waals surface area contributed by atoms with E-state index < -0.39 is 0 Å². The van der Waals surface area contributed by atoms with Crippen molar-refractivity contribution in [1.29, 1.82) is 0 Å². The Kier molecular flexibility index (Phi) is 5.41. The van der Waals surface area contributed by atoms with Gasteiger partial charge in [-0.25, -0.2) is 9.97 Å². The van der Waals surface area contributed by atoms with Gasteiger partial charge in [0.25, 0.3) is 0 Å². The van der Waals surface area contributed by atoms with Gasteiger partial charge in [0.2, 0.25) is 0 Å². The molecule has 3 aromatic carbocycles. The van der Waals surface area contributed by atoms with Crippen LogP contribution in [0, 0.1) is 6.92 Å². The summed E-state index contributed by atoms with van der Waals surface area (Å²) in [5.41, 5.74) is 7.53. The first kappa shape index (κ1) is 19.6. The summed E-state index contributed by atoms with van der Waals surface area (Å²) in [6, 6.07) is 33.2. The van der Waals surface area contributed by atoms with Crippen LogP contribution in [0.2, 0.25) is 0 Å². The number of hydrogen-bond acceptors (Lipinski definition) is 4. The highest BCUT2D eigenvalue weighted by molar-refractivity contribution is 5.79. The van der Waals surface area contributed by atoms with E-state index in [2.05, 4.69) is 99.6 Å². The molecule has 0 spiro atoms. The fraction of sp³-hybridized carbons (Fsp3) is 0.0357. The van der Waals surface area contributed by atoms with Crippen molar-refractivity contribution >= 4 is 17.1 Å². The molecule has 0 aliphatic heterocycles. The average Bonchev–Trinajstić information content (AvgIpc) is 2.87. The summed E-state index contributed by atoms with van der Waals surface area (Å²) in [6.45, 7) is 2.10. The largest absolute Gasteiger partial charge is 0.311 e. The third-order valence-electron chi connectivity index (χ3n) is 5.33. The Bertz CT molecular complexity index is 1200. The Morgan fingerprint density at radius 2 is 1.03 bits per heavy atom. The van der Waals surface area contributed by atoms with Crippen molar-refractivity contribution in [2.24, 2.45) is 0 Å². The van der Waals surface area contributed by atoms with E-state index in [1.807, 2.05) is 30.5 Å².